The van der Waals surface area contributed by atoms with Crippen LogP contribution in [0.1, 0.15) is 49.9 Å². The van der Waals surface area contributed by atoms with Gasteiger partial charge in [0.2, 0.25) is 0 Å². The Balaban J connectivity index is 1.21. The summed E-state index contributed by atoms with van der Waals surface area (Å²) in [7, 11) is 0. The van der Waals surface area contributed by atoms with Crippen molar-refractivity contribution in [1.82, 2.24) is 0 Å². The van der Waals surface area contributed by atoms with Crippen molar-refractivity contribution in [2.45, 2.75) is 38.5 Å². The van der Waals surface area contributed by atoms with Crippen LogP contribution in [0.4, 0.5) is 17.1 Å². The quantitative estimate of drug-likeness (QED) is 0.182. The van der Waals surface area contributed by atoms with Crippen molar-refractivity contribution in [3.63, 3.8) is 0 Å². The zero-order chi connectivity index (χ0) is 36.3. The third-order valence-electron chi connectivity index (χ3n) is 12.4. The molecule has 2 aliphatic carbocycles. The summed E-state index contributed by atoms with van der Waals surface area (Å²) in [6, 6.07) is 60.3. The first-order valence-electron chi connectivity index (χ1n) is 19.0. The maximum atomic E-state index is 6.79. The van der Waals surface area contributed by atoms with Crippen LogP contribution >= 0.6 is 0 Å². The summed E-state index contributed by atoms with van der Waals surface area (Å²) in [6.45, 7) is 9.49. The van der Waals surface area contributed by atoms with Crippen molar-refractivity contribution in [2.24, 2.45) is 0 Å². The second-order valence-corrected chi connectivity index (χ2v) is 16.1. The van der Waals surface area contributed by atoms with Gasteiger partial charge in [-0.3, -0.25) is 0 Å². The summed E-state index contributed by atoms with van der Waals surface area (Å²) in [5.41, 5.74) is 18.1. The van der Waals surface area contributed by atoms with Crippen LogP contribution in [0.2, 0.25) is 0 Å². The van der Waals surface area contributed by atoms with E-state index in [0.717, 1.165) is 44.4 Å². The average molecular weight is 694 g/mol. The fourth-order valence-electron chi connectivity index (χ4n) is 9.93. The molecular weight excluding hydrogens is 655 g/mol. The van der Waals surface area contributed by atoms with Gasteiger partial charge in [0, 0.05) is 32.9 Å². The van der Waals surface area contributed by atoms with Crippen molar-refractivity contribution in [3.8, 4) is 33.4 Å². The Morgan fingerprint density at radius 3 is 1.83 bits per heavy atom. The van der Waals surface area contributed by atoms with Gasteiger partial charge < -0.3 is 9.32 Å². The molecule has 0 amide bonds. The molecule has 0 saturated heterocycles. The Morgan fingerprint density at radius 2 is 1.02 bits per heavy atom. The molecular formula is C52H39NO. The lowest BCUT2D eigenvalue weighted by molar-refractivity contribution is 0.660. The fourth-order valence-corrected chi connectivity index (χ4v) is 9.93. The van der Waals surface area contributed by atoms with Gasteiger partial charge in [-0.25, -0.2) is 0 Å². The van der Waals surface area contributed by atoms with Crippen LogP contribution in [-0.2, 0) is 10.8 Å². The van der Waals surface area contributed by atoms with Crippen LogP contribution < -0.4 is 4.90 Å². The summed E-state index contributed by atoms with van der Waals surface area (Å²) in [6.07, 6.45) is 0. The van der Waals surface area contributed by atoms with E-state index in [-0.39, 0.29) is 10.8 Å². The summed E-state index contributed by atoms with van der Waals surface area (Å²) in [5.74, 6) is 0. The van der Waals surface area contributed by atoms with E-state index in [0.29, 0.717) is 0 Å². The first kappa shape index (κ1) is 31.2. The van der Waals surface area contributed by atoms with E-state index in [9.17, 15) is 0 Å². The summed E-state index contributed by atoms with van der Waals surface area (Å²) in [4.78, 5) is 2.50. The molecule has 54 heavy (non-hydrogen) atoms. The highest BCUT2D eigenvalue weighted by Crippen LogP contribution is 2.56. The maximum Gasteiger partial charge on any atom is 0.143 e. The SMILES string of the molecule is CC1(C)c2ccccc2-c2ccc(N(c3ccccc3-c3cccc4c3C(C)(C)c3ccccc3-4)c3cccc4oc5c6ccccc6ccc5c34)cc21. The van der Waals surface area contributed by atoms with Gasteiger partial charge in [0.25, 0.3) is 0 Å². The number of furan rings is 1. The van der Waals surface area contributed by atoms with Crippen LogP contribution in [0.15, 0.2) is 168 Å². The largest absolute Gasteiger partial charge is 0.455 e. The Hall–Kier alpha value is -6.38. The summed E-state index contributed by atoms with van der Waals surface area (Å²) >= 11 is 0. The van der Waals surface area contributed by atoms with Crippen LogP contribution in [0.3, 0.4) is 0 Å². The van der Waals surface area contributed by atoms with E-state index in [2.05, 4.69) is 196 Å². The van der Waals surface area contributed by atoms with E-state index in [1.54, 1.807) is 0 Å². The van der Waals surface area contributed by atoms with Crippen molar-refractivity contribution in [2.75, 3.05) is 4.90 Å². The minimum Gasteiger partial charge on any atom is -0.455 e. The Kier molecular flexibility index (Phi) is 6.39. The highest BCUT2D eigenvalue weighted by molar-refractivity contribution is 6.20. The molecule has 0 spiro atoms. The number of nitrogens with zero attached hydrogens (tertiary/aromatic N) is 1. The predicted molar refractivity (Wildman–Crippen MR) is 226 cm³/mol. The van der Waals surface area contributed by atoms with Gasteiger partial charge in [0.15, 0.2) is 0 Å². The number of hydrogen-bond acceptors (Lipinski definition) is 2. The minimum atomic E-state index is -0.161. The molecule has 0 aliphatic heterocycles. The summed E-state index contributed by atoms with van der Waals surface area (Å²) in [5, 5.41) is 4.53. The van der Waals surface area contributed by atoms with Gasteiger partial charge in [-0.15, -0.1) is 0 Å². The second kappa shape index (κ2) is 11.1. The first-order chi connectivity index (χ1) is 26.3. The number of anilines is 3. The molecule has 11 rings (SSSR count). The number of fused-ring (bicyclic) bond motifs is 11. The molecule has 8 aromatic carbocycles. The molecule has 0 unspecified atom stereocenters. The molecule has 2 nitrogen and oxygen atoms in total. The topological polar surface area (TPSA) is 16.4 Å². The number of para-hydroxylation sites is 1. The number of hydrogen-bond donors (Lipinski definition) is 0. The molecule has 2 heteroatoms. The molecule has 0 bridgehead atoms. The minimum absolute atomic E-state index is 0.142. The van der Waals surface area contributed by atoms with Crippen molar-refractivity contribution in [1.29, 1.82) is 0 Å². The van der Waals surface area contributed by atoms with Crippen LogP contribution in [0.5, 0.6) is 0 Å². The molecule has 0 fully saturated rings. The molecule has 1 heterocycles. The second-order valence-electron chi connectivity index (χ2n) is 16.1. The number of rotatable bonds is 4. The van der Waals surface area contributed by atoms with Crippen molar-refractivity contribution >= 4 is 49.8 Å². The Morgan fingerprint density at radius 1 is 0.426 bits per heavy atom. The van der Waals surface area contributed by atoms with E-state index in [4.69, 9.17) is 4.42 Å². The molecule has 258 valence electrons. The smallest absolute Gasteiger partial charge is 0.143 e. The highest BCUT2D eigenvalue weighted by atomic mass is 16.3. The predicted octanol–water partition coefficient (Wildman–Crippen LogP) is 14.5. The van der Waals surface area contributed by atoms with Gasteiger partial charge in [-0.05, 0) is 91.9 Å². The van der Waals surface area contributed by atoms with E-state index in [1.807, 2.05) is 0 Å². The normalized spacial score (nSPS) is 14.6. The van der Waals surface area contributed by atoms with Crippen molar-refractivity contribution < 1.29 is 4.42 Å². The van der Waals surface area contributed by atoms with Crippen LogP contribution in [0, 0.1) is 0 Å². The highest BCUT2D eigenvalue weighted by Gasteiger charge is 2.39. The first-order valence-corrected chi connectivity index (χ1v) is 19.0. The average Bonchev–Trinajstić information content (AvgIpc) is 3.79. The lowest BCUT2D eigenvalue weighted by atomic mass is 9.78. The Labute approximate surface area is 315 Å². The third kappa shape index (κ3) is 4.17. The van der Waals surface area contributed by atoms with Gasteiger partial charge >= 0.3 is 0 Å². The molecule has 0 N–H and O–H groups in total. The van der Waals surface area contributed by atoms with E-state index >= 15 is 0 Å². The van der Waals surface area contributed by atoms with Gasteiger partial charge in [0.05, 0.1) is 16.8 Å². The maximum absolute atomic E-state index is 6.79. The molecule has 1 aromatic heterocycles. The lowest BCUT2D eigenvalue weighted by Gasteiger charge is -2.31. The van der Waals surface area contributed by atoms with Gasteiger partial charge in [-0.2, -0.15) is 0 Å². The van der Waals surface area contributed by atoms with E-state index < -0.39 is 0 Å². The molecule has 0 atom stereocenters. The number of benzene rings is 8. The summed E-state index contributed by atoms with van der Waals surface area (Å²) < 4.78 is 6.79. The third-order valence-corrected chi connectivity index (χ3v) is 12.4. The molecule has 9 aromatic rings. The molecule has 0 radical (unpaired) electrons. The monoisotopic (exact) mass is 693 g/mol. The van der Waals surface area contributed by atoms with Crippen LogP contribution in [-0.4, -0.2) is 0 Å². The Bertz CT molecular complexity index is 3010. The standard InChI is InChI=1S/C52H39NO/c1-51(2)42-22-10-7-17-35(42)37-30-28-33(31-44(37)51)53(46-25-14-26-47-48(46)41-29-27-32-15-5-6-16-34(32)50(41)54-47)45-24-12-9-19-38(45)40-21-13-20-39-36-18-8-11-23-43(36)52(3,4)49(39)40/h5-31H,1-4H3. The van der Waals surface area contributed by atoms with E-state index in [1.165, 1.54) is 61.0 Å². The van der Waals surface area contributed by atoms with Crippen molar-refractivity contribution in [3.05, 3.63) is 186 Å². The zero-order valence-electron chi connectivity index (χ0n) is 30.9. The van der Waals surface area contributed by atoms with Crippen LogP contribution in [0.25, 0.3) is 66.1 Å². The lowest BCUT2D eigenvalue weighted by Crippen LogP contribution is -2.18. The molecule has 2 aliphatic rings. The molecule has 0 saturated carbocycles. The van der Waals surface area contributed by atoms with Gasteiger partial charge in [-0.1, -0.05) is 155 Å². The fraction of sp³-hybridized carbons (Fsp3) is 0.115. The van der Waals surface area contributed by atoms with Gasteiger partial charge in [0.1, 0.15) is 11.2 Å². The zero-order valence-corrected chi connectivity index (χ0v) is 30.9.